The molecular formula is C17H25N3O2. The highest BCUT2D eigenvalue weighted by atomic mass is 16.5. The topological polar surface area (TPSA) is 47.4 Å². The van der Waals surface area contributed by atoms with Gasteiger partial charge in [0.1, 0.15) is 0 Å². The first kappa shape index (κ1) is 15.1. The predicted octanol–water partition coefficient (Wildman–Crippen LogP) is 2.76. The zero-order valence-electron chi connectivity index (χ0n) is 13.7. The molecule has 5 heteroatoms. The van der Waals surface area contributed by atoms with E-state index in [0.717, 1.165) is 49.4 Å². The highest BCUT2D eigenvalue weighted by Gasteiger charge is 2.35. The lowest BCUT2D eigenvalue weighted by Crippen LogP contribution is -2.31. The van der Waals surface area contributed by atoms with Gasteiger partial charge in [-0.15, -0.1) is 0 Å². The lowest BCUT2D eigenvalue weighted by molar-refractivity contribution is -0.132. The van der Waals surface area contributed by atoms with Crippen LogP contribution in [0.1, 0.15) is 49.4 Å². The van der Waals surface area contributed by atoms with Gasteiger partial charge in [0.2, 0.25) is 11.8 Å². The molecule has 3 rings (SSSR count). The van der Waals surface area contributed by atoms with E-state index in [-0.39, 0.29) is 11.9 Å². The molecule has 120 valence electrons. The van der Waals surface area contributed by atoms with Crippen LogP contribution in [0.5, 0.6) is 5.88 Å². The zero-order chi connectivity index (χ0) is 15.7. The summed E-state index contributed by atoms with van der Waals surface area (Å²) in [6.07, 6.45) is 9.28. The van der Waals surface area contributed by atoms with E-state index in [0.29, 0.717) is 12.3 Å². The van der Waals surface area contributed by atoms with Crippen LogP contribution in [0.3, 0.4) is 0 Å². The smallest absolute Gasteiger partial charge is 0.223 e. The van der Waals surface area contributed by atoms with Crippen molar-refractivity contribution >= 4 is 5.91 Å². The number of ether oxygens (including phenoxy) is 1. The summed E-state index contributed by atoms with van der Waals surface area (Å²) in [5.74, 6) is 1.47. The SMILES string of the molecule is COc1c([C@@H]2CCCN2C(=O)C[C@@H]2C=CCC2)c(C)nn1C. The fraction of sp³-hybridized carbons (Fsp3) is 0.647. The average molecular weight is 303 g/mol. The van der Waals surface area contributed by atoms with Crippen molar-refractivity contribution < 1.29 is 9.53 Å². The second kappa shape index (κ2) is 6.15. The van der Waals surface area contributed by atoms with E-state index in [1.165, 1.54) is 0 Å². The maximum atomic E-state index is 12.7. The number of rotatable bonds is 4. The van der Waals surface area contributed by atoms with E-state index < -0.39 is 0 Å². The second-order valence-electron chi connectivity index (χ2n) is 6.35. The second-order valence-corrected chi connectivity index (χ2v) is 6.35. The Morgan fingerprint density at radius 3 is 2.95 bits per heavy atom. The quantitative estimate of drug-likeness (QED) is 0.804. The Morgan fingerprint density at radius 1 is 1.45 bits per heavy atom. The van der Waals surface area contributed by atoms with Gasteiger partial charge in [0.25, 0.3) is 0 Å². The van der Waals surface area contributed by atoms with Gasteiger partial charge in [-0.3, -0.25) is 4.79 Å². The van der Waals surface area contributed by atoms with Crippen molar-refractivity contribution in [3.63, 3.8) is 0 Å². The van der Waals surface area contributed by atoms with E-state index in [1.807, 2.05) is 18.9 Å². The van der Waals surface area contributed by atoms with E-state index in [1.54, 1.807) is 11.8 Å². The van der Waals surface area contributed by atoms with Crippen molar-refractivity contribution in [1.29, 1.82) is 0 Å². The molecule has 0 N–H and O–H groups in total. The van der Waals surface area contributed by atoms with Crippen molar-refractivity contribution in [3.8, 4) is 5.88 Å². The van der Waals surface area contributed by atoms with Crippen molar-refractivity contribution in [1.82, 2.24) is 14.7 Å². The largest absolute Gasteiger partial charge is 0.481 e. The molecule has 2 atom stereocenters. The number of aryl methyl sites for hydroxylation is 2. The molecule has 1 saturated heterocycles. The van der Waals surface area contributed by atoms with Crippen molar-refractivity contribution in [2.24, 2.45) is 13.0 Å². The molecule has 0 aromatic carbocycles. The molecule has 1 aliphatic heterocycles. The number of nitrogens with zero attached hydrogens (tertiary/aromatic N) is 3. The number of hydrogen-bond donors (Lipinski definition) is 0. The molecule has 1 amide bonds. The number of allylic oxidation sites excluding steroid dienone is 2. The van der Waals surface area contributed by atoms with Crippen molar-refractivity contribution in [3.05, 3.63) is 23.4 Å². The third-order valence-corrected chi connectivity index (χ3v) is 4.86. The normalized spacial score (nSPS) is 24.2. The summed E-state index contributed by atoms with van der Waals surface area (Å²) in [5, 5.41) is 4.47. The van der Waals surface area contributed by atoms with Gasteiger partial charge < -0.3 is 9.64 Å². The van der Waals surface area contributed by atoms with Crippen molar-refractivity contribution in [2.45, 2.75) is 45.1 Å². The van der Waals surface area contributed by atoms with E-state index >= 15 is 0 Å². The summed E-state index contributed by atoms with van der Waals surface area (Å²) in [6.45, 7) is 2.84. The highest BCUT2D eigenvalue weighted by Crippen LogP contribution is 2.39. The molecule has 2 heterocycles. The van der Waals surface area contributed by atoms with Gasteiger partial charge in [0.15, 0.2) is 0 Å². The number of methoxy groups -OCH3 is 1. The molecule has 1 fully saturated rings. The van der Waals surface area contributed by atoms with Gasteiger partial charge in [-0.05, 0) is 38.5 Å². The summed E-state index contributed by atoms with van der Waals surface area (Å²) in [6, 6.07) is 0.113. The monoisotopic (exact) mass is 303 g/mol. The standard InChI is InChI=1S/C17H25N3O2/c1-12-16(17(22-3)19(2)18-12)14-9-6-10-20(14)15(21)11-13-7-4-5-8-13/h4,7,13-14H,5-6,8-11H2,1-3H3/t13-,14+/m1/s1. The van der Waals surface area contributed by atoms with Crippen LogP contribution in [0.15, 0.2) is 12.2 Å². The van der Waals surface area contributed by atoms with Gasteiger partial charge in [-0.25, -0.2) is 4.68 Å². The molecule has 1 aromatic heterocycles. The van der Waals surface area contributed by atoms with Gasteiger partial charge in [0.05, 0.1) is 24.4 Å². The summed E-state index contributed by atoms with van der Waals surface area (Å²) in [7, 11) is 3.56. The van der Waals surface area contributed by atoms with Gasteiger partial charge in [0, 0.05) is 20.0 Å². The molecule has 0 unspecified atom stereocenters. The minimum atomic E-state index is 0.113. The lowest BCUT2D eigenvalue weighted by Gasteiger charge is -2.26. The molecule has 1 aromatic rings. The average Bonchev–Trinajstić information content (AvgIpc) is 3.18. The van der Waals surface area contributed by atoms with Crippen LogP contribution < -0.4 is 4.74 Å². The molecule has 0 radical (unpaired) electrons. The van der Waals surface area contributed by atoms with Crippen LogP contribution in [-0.4, -0.2) is 34.2 Å². The molecule has 0 bridgehead atoms. The highest BCUT2D eigenvalue weighted by molar-refractivity contribution is 5.77. The first-order chi connectivity index (χ1) is 10.6. The van der Waals surface area contributed by atoms with Crippen LogP contribution in [-0.2, 0) is 11.8 Å². The lowest BCUT2D eigenvalue weighted by atomic mass is 10.0. The molecule has 2 aliphatic rings. The Morgan fingerprint density at radius 2 is 2.27 bits per heavy atom. The van der Waals surface area contributed by atoms with Crippen LogP contribution in [0, 0.1) is 12.8 Å². The van der Waals surface area contributed by atoms with E-state index in [9.17, 15) is 4.79 Å². The summed E-state index contributed by atoms with van der Waals surface area (Å²) in [5.41, 5.74) is 2.04. The third-order valence-electron chi connectivity index (χ3n) is 4.86. The number of amides is 1. The van der Waals surface area contributed by atoms with Gasteiger partial charge in [-0.2, -0.15) is 5.10 Å². The molecule has 1 aliphatic carbocycles. The summed E-state index contributed by atoms with van der Waals surface area (Å²) < 4.78 is 7.29. The first-order valence-corrected chi connectivity index (χ1v) is 8.15. The zero-order valence-corrected chi connectivity index (χ0v) is 13.7. The minimum absolute atomic E-state index is 0.113. The van der Waals surface area contributed by atoms with E-state index in [2.05, 4.69) is 17.3 Å². The Balaban J connectivity index is 1.81. The number of hydrogen-bond acceptors (Lipinski definition) is 3. The Bertz CT molecular complexity index is 591. The number of carbonyl (C=O) groups excluding carboxylic acids is 1. The van der Waals surface area contributed by atoms with Gasteiger partial charge >= 0.3 is 0 Å². The van der Waals surface area contributed by atoms with Crippen molar-refractivity contribution in [2.75, 3.05) is 13.7 Å². The Hall–Kier alpha value is -1.78. The molecule has 0 spiro atoms. The molecule has 0 saturated carbocycles. The van der Waals surface area contributed by atoms with Crippen LogP contribution >= 0.6 is 0 Å². The predicted molar refractivity (Wildman–Crippen MR) is 84.7 cm³/mol. The maximum absolute atomic E-state index is 12.7. The van der Waals surface area contributed by atoms with Gasteiger partial charge in [-0.1, -0.05) is 12.2 Å². The number of aromatic nitrogens is 2. The Labute approximate surface area is 131 Å². The Kier molecular flexibility index (Phi) is 4.23. The van der Waals surface area contributed by atoms with E-state index in [4.69, 9.17) is 4.74 Å². The minimum Gasteiger partial charge on any atom is -0.481 e. The number of likely N-dealkylation sites (tertiary alicyclic amines) is 1. The summed E-state index contributed by atoms with van der Waals surface area (Å²) in [4.78, 5) is 14.8. The number of carbonyl (C=O) groups is 1. The third kappa shape index (κ3) is 2.64. The molecule has 22 heavy (non-hydrogen) atoms. The maximum Gasteiger partial charge on any atom is 0.223 e. The molecule has 5 nitrogen and oxygen atoms in total. The van der Waals surface area contributed by atoms with Crippen LogP contribution in [0.25, 0.3) is 0 Å². The van der Waals surface area contributed by atoms with Crippen LogP contribution in [0.4, 0.5) is 0 Å². The fourth-order valence-corrected chi connectivity index (χ4v) is 3.85. The first-order valence-electron chi connectivity index (χ1n) is 8.15. The fourth-order valence-electron chi connectivity index (χ4n) is 3.85. The van der Waals surface area contributed by atoms with Crippen LogP contribution in [0.2, 0.25) is 0 Å². The summed E-state index contributed by atoms with van der Waals surface area (Å²) >= 11 is 0. The molecular weight excluding hydrogens is 278 g/mol.